The number of fused-ring (bicyclic) bond motifs is 1. The second kappa shape index (κ2) is 7.06. The SMILES string of the molecule is Cc1nc2c(c(C)c(C)n2C)c(-c2ccccc2)c1C(OC(C)(C)C)C(=O)O. The van der Waals surface area contributed by atoms with Crippen LogP contribution in [0.15, 0.2) is 30.3 Å². The predicted molar refractivity (Wildman–Crippen MR) is 112 cm³/mol. The molecule has 0 saturated carbocycles. The minimum atomic E-state index is -1.10. The van der Waals surface area contributed by atoms with Gasteiger partial charge in [-0.3, -0.25) is 0 Å². The summed E-state index contributed by atoms with van der Waals surface area (Å²) < 4.78 is 8.07. The fourth-order valence-corrected chi connectivity index (χ4v) is 3.70. The molecule has 28 heavy (non-hydrogen) atoms. The van der Waals surface area contributed by atoms with Crippen LogP contribution in [0.4, 0.5) is 0 Å². The van der Waals surface area contributed by atoms with E-state index in [0.717, 1.165) is 33.4 Å². The van der Waals surface area contributed by atoms with Crippen molar-refractivity contribution in [3.8, 4) is 11.1 Å². The summed E-state index contributed by atoms with van der Waals surface area (Å²) in [5, 5.41) is 11.0. The van der Waals surface area contributed by atoms with Crippen LogP contribution in [0.25, 0.3) is 22.2 Å². The van der Waals surface area contributed by atoms with Crippen LogP contribution in [0.2, 0.25) is 0 Å². The molecule has 0 amide bonds. The van der Waals surface area contributed by atoms with E-state index < -0.39 is 17.7 Å². The second-order valence-electron chi connectivity index (χ2n) is 8.27. The average Bonchev–Trinajstić information content (AvgIpc) is 2.83. The van der Waals surface area contributed by atoms with Crippen molar-refractivity contribution in [2.45, 2.75) is 53.2 Å². The third-order valence-electron chi connectivity index (χ3n) is 5.17. The number of hydrogen-bond acceptors (Lipinski definition) is 3. The van der Waals surface area contributed by atoms with Crippen LogP contribution in [0, 0.1) is 20.8 Å². The number of aliphatic carboxylic acids is 1. The fraction of sp³-hybridized carbons (Fsp3) is 0.391. The minimum Gasteiger partial charge on any atom is -0.479 e. The fourth-order valence-electron chi connectivity index (χ4n) is 3.70. The molecule has 5 nitrogen and oxygen atoms in total. The molecular formula is C23H28N2O3. The zero-order chi connectivity index (χ0) is 20.8. The van der Waals surface area contributed by atoms with Crippen molar-refractivity contribution in [2.24, 2.45) is 7.05 Å². The van der Waals surface area contributed by atoms with E-state index in [1.165, 1.54) is 0 Å². The Hall–Kier alpha value is -2.66. The number of benzene rings is 1. The maximum atomic E-state index is 12.2. The zero-order valence-corrected chi connectivity index (χ0v) is 17.6. The van der Waals surface area contributed by atoms with Gasteiger partial charge >= 0.3 is 5.97 Å². The first-order valence-electron chi connectivity index (χ1n) is 9.45. The number of carboxylic acid groups (broad SMARTS) is 1. The highest BCUT2D eigenvalue weighted by Crippen LogP contribution is 2.41. The molecular weight excluding hydrogens is 352 g/mol. The van der Waals surface area contributed by atoms with E-state index in [1.54, 1.807) is 0 Å². The highest BCUT2D eigenvalue weighted by molar-refractivity contribution is 6.00. The van der Waals surface area contributed by atoms with E-state index >= 15 is 0 Å². The first-order chi connectivity index (χ1) is 13.0. The van der Waals surface area contributed by atoms with Crippen LogP contribution in [0.3, 0.4) is 0 Å². The molecule has 0 aliphatic rings. The van der Waals surface area contributed by atoms with Crippen LogP contribution < -0.4 is 0 Å². The van der Waals surface area contributed by atoms with Crippen molar-refractivity contribution >= 4 is 17.0 Å². The summed E-state index contributed by atoms with van der Waals surface area (Å²) in [4.78, 5) is 17.0. The molecule has 0 bridgehead atoms. The normalized spacial score (nSPS) is 13.1. The van der Waals surface area contributed by atoms with Crippen molar-refractivity contribution in [1.82, 2.24) is 9.55 Å². The summed E-state index contributed by atoms with van der Waals surface area (Å²) in [6.07, 6.45) is -1.10. The largest absolute Gasteiger partial charge is 0.479 e. The quantitative estimate of drug-likeness (QED) is 0.683. The lowest BCUT2D eigenvalue weighted by atomic mass is 9.91. The third-order valence-corrected chi connectivity index (χ3v) is 5.17. The van der Waals surface area contributed by atoms with Gasteiger partial charge in [0.15, 0.2) is 6.10 Å². The van der Waals surface area contributed by atoms with E-state index in [9.17, 15) is 9.90 Å². The number of hydrogen-bond donors (Lipinski definition) is 1. The van der Waals surface area contributed by atoms with Gasteiger partial charge in [-0.1, -0.05) is 30.3 Å². The molecule has 0 spiro atoms. The second-order valence-corrected chi connectivity index (χ2v) is 8.27. The Balaban J connectivity index is 2.47. The first kappa shape index (κ1) is 20.1. The predicted octanol–water partition coefficient (Wildman–Crippen LogP) is 5.11. The van der Waals surface area contributed by atoms with E-state index in [-0.39, 0.29) is 0 Å². The number of nitrogens with zero attached hydrogens (tertiary/aromatic N) is 2. The Morgan fingerprint density at radius 2 is 1.75 bits per heavy atom. The van der Waals surface area contributed by atoms with Crippen molar-refractivity contribution < 1.29 is 14.6 Å². The summed E-state index contributed by atoms with van der Waals surface area (Å²) in [5.74, 6) is -1.01. The standard InChI is InChI=1S/C23H28N2O3/c1-13-15(3)25(7)21-17(13)19(16-11-9-8-10-12-16)18(14(2)24-21)20(22(26)27)28-23(4,5)6/h8-12,20H,1-7H3,(H,26,27). The van der Waals surface area contributed by atoms with Crippen molar-refractivity contribution in [1.29, 1.82) is 0 Å². The lowest BCUT2D eigenvalue weighted by molar-refractivity contribution is -0.160. The summed E-state index contributed by atoms with van der Waals surface area (Å²) in [6.45, 7) is 11.6. The third kappa shape index (κ3) is 3.42. The summed E-state index contributed by atoms with van der Waals surface area (Å²) >= 11 is 0. The Labute approximate surface area is 166 Å². The van der Waals surface area contributed by atoms with Gasteiger partial charge in [0.2, 0.25) is 0 Å². The molecule has 3 aromatic rings. The number of carboxylic acids is 1. The van der Waals surface area contributed by atoms with Crippen LogP contribution in [-0.2, 0) is 16.6 Å². The number of pyridine rings is 1. The van der Waals surface area contributed by atoms with Gasteiger partial charge in [-0.25, -0.2) is 9.78 Å². The molecule has 0 fully saturated rings. The minimum absolute atomic E-state index is 0.611. The summed E-state index contributed by atoms with van der Waals surface area (Å²) in [6, 6.07) is 9.90. The van der Waals surface area contributed by atoms with Gasteiger partial charge in [-0.2, -0.15) is 0 Å². The van der Waals surface area contributed by atoms with Gasteiger partial charge in [-0.05, 0) is 52.7 Å². The number of aryl methyl sites for hydroxylation is 3. The highest BCUT2D eigenvalue weighted by Gasteiger charge is 2.33. The Bertz CT molecular complexity index is 1040. The monoisotopic (exact) mass is 380 g/mol. The van der Waals surface area contributed by atoms with Crippen LogP contribution in [-0.4, -0.2) is 26.2 Å². The average molecular weight is 380 g/mol. The number of rotatable bonds is 4. The molecule has 1 aromatic carbocycles. The highest BCUT2D eigenvalue weighted by atomic mass is 16.5. The van der Waals surface area contributed by atoms with Crippen molar-refractivity contribution in [3.63, 3.8) is 0 Å². The maximum absolute atomic E-state index is 12.2. The molecule has 0 saturated heterocycles. The molecule has 2 aromatic heterocycles. The molecule has 148 valence electrons. The van der Waals surface area contributed by atoms with E-state index in [2.05, 4.69) is 18.4 Å². The van der Waals surface area contributed by atoms with Crippen molar-refractivity contribution in [3.05, 3.63) is 52.8 Å². The van der Waals surface area contributed by atoms with Crippen LogP contribution >= 0.6 is 0 Å². The molecule has 5 heteroatoms. The molecule has 0 aliphatic carbocycles. The van der Waals surface area contributed by atoms with E-state index in [0.29, 0.717) is 11.3 Å². The van der Waals surface area contributed by atoms with Gasteiger partial charge in [0.05, 0.1) is 5.60 Å². The van der Waals surface area contributed by atoms with Crippen LogP contribution in [0.1, 0.15) is 49.4 Å². The first-order valence-corrected chi connectivity index (χ1v) is 9.45. The maximum Gasteiger partial charge on any atom is 0.337 e. The van der Waals surface area contributed by atoms with Gasteiger partial charge in [0.1, 0.15) is 5.65 Å². The summed E-state index contributed by atoms with van der Waals surface area (Å²) in [7, 11) is 1.99. The van der Waals surface area contributed by atoms with Gasteiger partial charge < -0.3 is 14.4 Å². The number of ether oxygens (including phenoxy) is 1. The smallest absolute Gasteiger partial charge is 0.337 e. The van der Waals surface area contributed by atoms with Crippen LogP contribution in [0.5, 0.6) is 0 Å². The number of aromatic nitrogens is 2. The Kier molecular flexibility index (Phi) is 5.06. The van der Waals surface area contributed by atoms with Gasteiger partial charge in [0, 0.05) is 34.9 Å². The zero-order valence-electron chi connectivity index (χ0n) is 17.6. The van der Waals surface area contributed by atoms with Crippen molar-refractivity contribution in [2.75, 3.05) is 0 Å². The molecule has 1 atom stereocenters. The molecule has 0 aliphatic heterocycles. The van der Waals surface area contributed by atoms with E-state index in [4.69, 9.17) is 9.72 Å². The molecule has 3 rings (SSSR count). The molecule has 2 heterocycles. The number of carbonyl (C=O) groups is 1. The lowest BCUT2D eigenvalue weighted by Gasteiger charge is -2.28. The molecule has 1 unspecified atom stereocenters. The van der Waals surface area contributed by atoms with Gasteiger partial charge in [0.25, 0.3) is 0 Å². The Morgan fingerprint density at radius 3 is 2.29 bits per heavy atom. The molecule has 1 N–H and O–H groups in total. The summed E-state index contributed by atoms with van der Waals surface area (Å²) in [5.41, 5.74) is 5.60. The van der Waals surface area contributed by atoms with E-state index in [1.807, 2.05) is 65.1 Å². The van der Waals surface area contributed by atoms with Gasteiger partial charge in [-0.15, -0.1) is 0 Å². The lowest BCUT2D eigenvalue weighted by Crippen LogP contribution is -2.28. The topological polar surface area (TPSA) is 64.4 Å². The molecule has 0 radical (unpaired) electrons. The Morgan fingerprint density at radius 1 is 1.14 bits per heavy atom.